The molecule has 0 fully saturated rings. The van der Waals surface area contributed by atoms with Crippen LogP contribution in [0.4, 0.5) is 5.69 Å². The fourth-order valence-electron chi connectivity index (χ4n) is 2.15. The molecule has 0 unspecified atom stereocenters. The van der Waals surface area contributed by atoms with Crippen molar-refractivity contribution in [3.8, 4) is 0 Å². The second-order valence-corrected chi connectivity index (χ2v) is 5.12. The average molecular weight is 263 g/mol. The van der Waals surface area contributed by atoms with Crippen LogP contribution < -0.4 is 4.90 Å². The van der Waals surface area contributed by atoms with Crippen molar-refractivity contribution in [3.63, 3.8) is 0 Å². The van der Waals surface area contributed by atoms with E-state index in [1.807, 2.05) is 6.08 Å². The molecule has 1 nitrogen and oxygen atoms in total. The molecular formula is C19H21N. The third kappa shape index (κ3) is 3.18. The van der Waals surface area contributed by atoms with Gasteiger partial charge in [0, 0.05) is 19.8 Å². The van der Waals surface area contributed by atoms with Gasteiger partial charge in [-0.1, -0.05) is 60.7 Å². The molecule has 0 saturated carbocycles. The Kier molecular flexibility index (Phi) is 4.41. The molecule has 2 aromatic carbocycles. The molecule has 0 aliphatic carbocycles. The van der Waals surface area contributed by atoms with Gasteiger partial charge < -0.3 is 4.90 Å². The molecule has 0 heterocycles. The van der Waals surface area contributed by atoms with Gasteiger partial charge in [0.1, 0.15) is 0 Å². The van der Waals surface area contributed by atoms with E-state index in [0.29, 0.717) is 0 Å². The van der Waals surface area contributed by atoms with Crippen LogP contribution in [0.5, 0.6) is 0 Å². The number of hydrogen-bond donors (Lipinski definition) is 0. The number of anilines is 1. The third-order valence-electron chi connectivity index (χ3n) is 3.34. The SMILES string of the molecule is C=CC=C(c1ccc(C)cc1)c1ccc(N(C)C)cc1. The van der Waals surface area contributed by atoms with E-state index < -0.39 is 0 Å². The summed E-state index contributed by atoms with van der Waals surface area (Å²) >= 11 is 0. The van der Waals surface area contributed by atoms with Gasteiger partial charge in [-0.05, 0) is 35.8 Å². The zero-order valence-electron chi connectivity index (χ0n) is 12.4. The molecule has 2 rings (SSSR count). The molecule has 0 aromatic heterocycles. The summed E-state index contributed by atoms with van der Waals surface area (Å²) < 4.78 is 0. The van der Waals surface area contributed by atoms with Gasteiger partial charge in [-0.3, -0.25) is 0 Å². The summed E-state index contributed by atoms with van der Waals surface area (Å²) in [6, 6.07) is 17.2. The van der Waals surface area contributed by atoms with E-state index in [1.54, 1.807) is 0 Å². The van der Waals surface area contributed by atoms with Crippen LogP contribution in [0.1, 0.15) is 16.7 Å². The molecule has 20 heavy (non-hydrogen) atoms. The summed E-state index contributed by atoms with van der Waals surface area (Å²) in [7, 11) is 4.10. The van der Waals surface area contributed by atoms with Crippen LogP contribution in [0.3, 0.4) is 0 Å². The lowest BCUT2D eigenvalue weighted by molar-refractivity contribution is 1.13. The molecule has 0 saturated heterocycles. The number of aryl methyl sites for hydroxylation is 1. The molecule has 0 bridgehead atoms. The Bertz CT molecular complexity index is 601. The first-order valence-corrected chi connectivity index (χ1v) is 6.79. The Hall–Kier alpha value is -2.28. The van der Waals surface area contributed by atoms with Crippen LogP contribution in [0.2, 0.25) is 0 Å². The number of allylic oxidation sites excluding steroid dienone is 2. The Morgan fingerprint density at radius 1 is 0.900 bits per heavy atom. The molecule has 1 heteroatoms. The van der Waals surface area contributed by atoms with Gasteiger partial charge in [-0.15, -0.1) is 0 Å². The highest BCUT2D eigenvalue weighted by Gasteiger charge is 2.05. The first-order chi connectivity index (χ1) is 9.61. The lowest BCUT2D eigenvalue weighted by Crippen LogP contribution is -2.08. The summed E-state index contributed by atoms with van der Waals surface area (Å²) in [5.41, 5.74) is 6.10. The molecule has 0 N–H and O–H groups in total. The number of benzene rings is 2. The second kappa shape index (κ2) is 6.25. The average Bonchev–Trinajstić information content (AvgIpc) is 2.46. The number of rotatable bonds is 4. The van der Waals surface area contributed by atoms with Gasteiger partial charge >= 0.3 is 0 Å². The standard InChI is InChI=1S/C19H21N/c1-5-6-19(16-9-7-15(2)8-10-16)17-11-13-18(14-12-17)20(3)4/h5-14H,1H2,2-4H3. The maximum absolute atomic E-state index is 3.83. The fraction of sp³-hybridized carbons (Fsp3) is 0.158. The Morgan fingerprint density at radius 2 is 1.40 bits per heavy atom. The molecule has 0 amide bonds. The van der Waals surface area contributed by atoms with Crippen molar-refractivity contribution in [1.29, 1.82) is 0 Å². The minimum Gasteiger partial charge on any atom is -0.378 e. The highest BCUT2D eigenvalue weighted by atomic mass is 15.1. The van der Waals surface area contributed by atoms with Crippen LogP contribution in [-0.4, -0.2) is 14.1 Å². The summed E-state index contributed by atoms with van der Waals surface area (Å²) in [5, 5.41) is 0. The van der Waals surface area contributed by atoms with Crippen molar-refractivity contribution in [3.05, 3.63) is 84.0 Å². The van der Waals surface area contributed by atoms with E-state index in [-0.39, 0.29) is 0 Å². The molecule has 0 spiro atoms. The lowest BCUT2D eigenvalue weighted by atomic mass is 9.96. The summed E-state index contributed by atoms with van der Waals surface area (Å²) in [5.74, 6) is 0. The summed E-state index contributed by atoms with van der Waals surface area (Å²) in [4.78, 5) is 2.10. The zero-order valence-corrected chi connectivity index (χ0v) is 12.4. The largest absolute Gasteiger partial charge is 0.378 e. The topological polar surface area (TPSA) is 3.24 Å². The third-order valence-corrected chi connectivity index (χ3v) is 3.34. The first-order valence-electron chi connectivity index (χ1n) is 6.79. The lowest BCUT2D eigenvalue weighted by Gasteiger charge is -2.14. The van der Waals surface area contributed by atoms with E-state index in [0.717, 1.165) is 0 Å². The van der Waals surface area contributed by atoms with Crippen LogP contribution in [0.15, 0.2) is 67.3 Å². The molecule has 0 aliphatic heterocycles. The van der Waals surface area contributed by atoms with Gasteiger partial charge in [0.2, 0.25) is 0 Å². The van der Waals surface area contributed by atoms with Crippen LogP contribution in [-0.2, 0) is 0 Å². The summed E-state index contributed by atoms with van der Waals surface area (Å²) in [6.07, 6.45) is 3.91. The molecular weight excluding hydrogens is 242 g/mol. The van der Waals surface area contributed by atoms with Crippen molar-refractivity contribution in [1.82, 2.24) is 0 Å². The normalized spacial score (nSPS) is 11.2. The Balaban J connectivity index is 2.41. The number of nitrogens with zero attached hydrogens (tertiary/aromatic N) is 1. The van der Waals surface area contributed by atoms with E-state index >= 15 is 0 Å². The van der Waals surface area contributed by atoms with Crippen molar-refractivity contribution < 1.29 is 0 Å². The highest BCUT2D eigenvalue weighted by Crippen LogP contribution is 2.25. The predicted octanol–water partition coefficient (Wildman–Crippen LogP) is 4.68. The van der Waals surface area contributed by atoms with Gasteiger partial charge in [-0.25, -0.2) is 0 Å². The minimum absolute atomic E-state index is 1.20. The van der Waals surface area contributed by atoms with E-state index in [4.69, 9.17) is 0 Å². The Labute approximate surface area is 121 Å². The maximum Gasteiger partial charge on any atom is 0.0361 e. The zero-order chi connectivity index (χ0) is 14.5. The monoisotopic (exact) mass is 263 g/mol. The van der Waals surface area contributed by atoms with Crippen LogP contribution >= 0.6 is 0 Å². The van der Waals surface area contributed by atoms with Gasteiger partial charge in [-0.2, -0.15) is 0 Å². The number of hydrogen-bond acceptors (Lipinski definition) is 1. The summed E-state index contributed by atoms with van der Waals surface area (Å²) in [6.45, 7) is 5.93. The molecule has 0 aliphatic rings. The minimum atomic E-state index is 1.20. The molecule has 0 atom stereocenters. The Morgan fingerprint density at radius 3 is 1.85 bits per heavy atom. The molecule has 102 valence electrons. The van der Waals surface area contributed by atoms with Crippen molar-refractivity contribution in [2.75, 3.05) is 19.0 Å². The second-order valence-electron chi connectivity index (χ2n) is 5.12. The van der Waals surface area contributed by atoms with Gasteiger partial charge in [0.15, 0.2) is 0 Å². The first kappa shape index (κ1) is 14.1. The van der Waals surface area contributed by atoms with E-state index in [2.05, 4.69) is 87.1 Å². The molecule has 0 radical (unpaired) electrons. The van der Waals surface area contributed by atoms with E-state index in [1.165, 1.54) is 28.0 Å². The quantitative estimate of drug-likeness (QED) is 0.724. The smallest absolute Gasteiger partial charge is 0.0361 e. The highest BCUT2D eigenvalue weighted by molar-refractivity contribution is 5.81. The van der Waals surface area contributed by atoms with Crippen molar-refractivity contribution in [2.45, 2.75) is 6.92 Å². The van der Waals surface area contributed by atoms with Crippen molar-refractivity contribution in [2.24, 2.45) is 0 Å². The van der Waals surface area contributed by atoms with Crippen molar-refractivity contribution >= 4 is 11.3 Å². The maximum atomic E-state index is 3.83. The van der Waals surface area contributed by atoms with E-state index in [9.17, 15) is 0 Å². The predicted molar refractivity (Wildman–Crippen MR) is 89.2 cm³/mol. The van der Waals surface area contributed by atoms with Gasteiger partial charge in [0.25, 0.3) is 0 Å². The van der Waals surface area contributed by atoms with Crippen LogP contribution in [0, 0.1) is 6.92 Å². The molecule has 2 aromatic rings. The van der Waals surface area contributed by atoms with Gasteiger partial charge in [0.05, 0.1) is 0 Å². The van der Waals surface area contributed by atoms with Crippen LogP contribution in [0.25, 0.3) is 5.57 Å². The fourth-order valence-corrected chi connectivity index (χ4v) is 2.15.